The molecule has 0 aliphatic carbocycles. The monoisotopic (exact) mass is 396 g/mol. The van der Waals surface area contributed by atoms with Crippen molar-refractivity contribution < 1.29 is 9.59 Å². The Morgan fingerprint density at radius 3 is 2.76 bits per heavy atom. The summed E-state index contributed by atoms with van der Waals surface area (Å²) in [7, 11) is 1.83. The molecule has 0 bridgehead atoms. The number of anilines is 1. The summed E-state index contributed by atoms with van der Waals surface area (Å²) < 4.78 is 1.74. The van der Waals surface area contributed by atoms with E-state index < -0.39 is 5.91 Å². The number of thiophene rings is 1. The zero-order valence-electron chi connectivity index (χ0n) is 13.4. The van der Waals surface area contributed by atoms with Crippen molar-refractivity contribution in [3.05, 3.63) is 44.9 Å². The Labute approximate surface area is 157 Å². The SMILES string of the molecule is Cc1nn(C)c2sc(C(=O)NCC(=O)Nc3cc(Cl)ccc3Cl)cc12. The van der Waals surface area contributed by atoms with E-state index in [1.54, 1.807) is 28.9 Å². The molecular formula is C16H14Cl2N4O2S. The molecule has 25 heavy (non-hydrogen) atoms. The van der Waals surface area contributed by atoms with E-state index in [1.807, 2.05) is 14.0 Å². The lowest BCUT2D eigenvalue weighted by Gasteiger charge is -2.08. The van der Waals surface area contributed by atoms with Gasteiger partial charge in [0, 0.05) is 17.5 Å². The molecule has 3 aromatic rings. The van der Waals surface area contributed by atoms with Gasteiger partial charge in [-0.1, -0.05) is 23.2 Å². The van der Waals surface area contributed by atoms with E-state index in [0.717, 1.165) is 15.9 Å². The van der Waals surface area contributed by atoms with Crippen LogP contribution in [0.1, 0.15) is 15.4 Å². The summed E-state index contributed by atoms with van der Waals surface area (Å²) in [4.78, 5) is 25.7. The van der Waals surface area contributed by atoms with Crippen LogP contribution in [0, 0.1) is 6.92 Å². The van der Waals surface area contributed by atoms with Crippen LogP contribution in [-0.2, 0) is 11.8 Å². The number of aryl methyl sites for hydroxylation is 2. The van der Waals surface area contributed by atoms with Gasteiger partial charge in [-0.25, -0.2) is 0 Å². The van der Waals surface area contributed by atoms with Crippen molar-refractivity contribution in [2.24, 2.45) is 7.05 Å². The smallest absolute Gasteiger partial charge is 0.261 e. The van der Waals surface area contributed by atoms with Gasteiger partial charge in [-0.3, -0.25) is 14.3 Å². The summed E-state index contributed by atoms with van der Waals surface area (Å²) in [6.07, 6.45) is 0. The Hall–Kier alpha value is -2.09. The number of fused-ring (bicyclic) bond motifs is 1. The molecule has 2 heterocycles. The first-order valence-corrected chi connectivity index (χ1v) is 8.88. The molecule has 0 saturated carbocycles. The molecule has 0 unspecified atom stereocenters. The average Bonchev–Trinajstić information content (AvgIpc) is 3.11. The number of nitrogens with zero attached hydrogens (tertiary/aromatic N) is 2. The van der Waals surface area contributed by atoms with Crippen molar-refractivity contribution in [1.29, 1.82) is 0 Å². The number of halogens is 2. The lowest BCUT2D eigenvalue weighted by molar-refractivity contribution is -0.115. The van der Waals surface area contributed by atoms with Crippen molar-refractivity contribution in [1.82, 2.24) is 15.1 Å². The number of aromatic nitrogens is 2. The highest BCUT2D eigenvalue weighted by Crippen LogP contribution is 2.27. The third-order valence-corrected chi connectivity index (χ3v) is 5.30. The third-order valence-electron chi connectivity index (χ3n) is 3.53. The highest BCUT2D eigenvalue weighted by Gasteiger charge is 2.16. The fraction of sp³-hybridized carbons (Fsp3) is 0.188. The molecule has 1 aromatic carbocycles. The lowest BCUT2D eigenvalue weighted by Crippen LogP contribution is -2.32. The van der Waals surface area contributed by atoms with Crippen molar-refractivity contribution in [2.75, 3.05) is 11.9 Å². The topological polar surface area (TPSA) is 76.0 Å². The van der Waals surface area contributed by atoms with Gasteiger partial charge < -0.3 is 10.6 Å². The number of carbonyl (C=O) groups excluding carboxylic acids is 2. The summed E-state index contributed by atoms with van der Waals surface area (Å²) in [6.45, 7) is 1.71. The fourth-order valence-corrected chi connectivity index (χ4v) is 3.73. The van der Waals surface area contributed by atoms with E-state index in [9.17, 15) is 9.59 Å². The number of nitrogens with one attached hydrogen (secondary N) is 2. The molecule has 2 N–H and O–H groups in total. The van der Waals surface area contributed by atoms with Gasteiger partial charge in [0.2, 0.25) is 5.91 Å². The maximum Gasteiger partial charge on any atom is 0.261 e. The van der Waals surface area contributed by atoms with Crippen LogP contribution in [0.4, 0.5) is 5.69 Å². The minimum atomic E-state index is -0.392. The Balaban J connectivity index is 1.63. The molecule has 0 saturated heterocycles. The quantitative estimate of drug-likeness (QED) is 0.706. The van der Waals surface area contributed by atoms with Crippen molar-refractivity contribution >= 4 is 62.3 Å². The maximum absolute atomic E-state index is 12.3. The van der Waals surface area contributed by atoms with Crippen LogP contribution in [0.5, 0.6) is 0 Å². The van der Waals surface area contributed by atoms with E-state index in [1.165, 1.54) is 11.3 Å². The fourth-order valence-electron chi connectivity index (χ4n) is 2.35. The second-order valence-electron chi connectivity index (χ2n) is 5.39. The first kappa shape index (κ1) is 17.7. The van der Waals surface area contributed by atoms with Crippen LogP contribution in [0.2, 0.25) is 10.0 Å². The Morgan fingerprint density at radius 1 is 1.28 bits per heavy atom. The van der Waals surface area contributed by atoms with Gasteiger partial charge in [-0.2, -0.15) is 5.10 Å². The second-order valence-corrected chi connectivity index (χ2v) is 7.27. The molecule has 6 nitrogen and oxygen atoms in total. The van der Waals surface area contributed by atoms with Gasteiger partial charge in [0.05, 0.1) is 27.8 Å². The first-order chi connectivity index (χ1) is 11.8. The standard InChI is InChI=1S/C16H14Cl2N4O2S/c1-8-10-6-13(25-16(10)22(2)21-8)15(24)19-7-14(23)20-12-5-9(17)3-4-11(12)18/h3-6H,7H2,1-2H3,(H,19,24)(H,20,23). The highest BCUT2D eigenvalue weighted by atomic mass is 35.5. The van der Waals surface area contributed by atoms with Gasteiger partial charge in [-0.05, 0) is 31.2 Å². The minimum Gasteiger partial charge on any atom is -0.342 e. The molecule has 0 fully saturated rings. The summed E-state index contributed by atoms with van der Waals surface area (Å²) in [5.41, 5.74) is 1.26. The molecule has 0 spiro atoms. The van der Waals surface area contributed by atoms with E-state index in [0.29, 0.717) is 20.6 Å². The van der Waals surface area contributed by atoms with Gasteiger partial charge in [-0.15, -0.1) is 11.3 Å². The zero-order valence-corrected chi connectivity index (χ0v) is 15.7. The average molecular weight is 397 g/mol. The summed E-state index contributed by atoms with van der Waals surface area (Å²) in [5, 5.41) is 11.3. The Bertz CT molecular complexity index is 946. The van der Waals surface area contributed by atoms with Gasteiger partial charge in [0.1, 0.15) is 4.83 Å². The maximum atomic E-state index is 12.3. The first-order valence-electron chi connectivity index (χ1n) is 7.31. The van der Waals surface area contributed by atoms with Crippen LogP contribution < -0.4 is 10.6 Å². The molecule has 0 atom stereocenters. The number of amides is 2. The highest BCUT2D eigenvalue weighted by molar-refractivity contribution is 7.20. The molecule has 3 rings (SSSR count). The second kappa shape index (κ2) is 7.03. The summed E-state index contributed by atoms with van der Waals surface area (Å²) in [6, 6.07) is 6.54. The molecule has 0 aliphatic rings. The predicted octanol–water partition coefficient (Wildman–Crippen LogP) is 3.62. The van der Waals surface area contributed by atoms with Crippen LogP contribution >= 0.6 is 34.5 Å². The number of hydrogen-bond donors (Lipinski definition) is 2. The van der Waals surface area contributed by atoms with Crippen LogP contribution in [-0.4, -0.2) is 28.1 Å². The minimum absolute atomic E-state index is 0.173. The van der Waals surface area contributed by atoms with E-state index in [-0.39, 0.29) is 12.5 Å². The van der Waals surface area contributed by atoms with Crippen LogP contribution in [0.25, 0.3) is 10.2 Å². The number of benzene rings is 1. The lowest BCUT2D eigenvalue weighted by atomic mass is 10.3. The third kappa shape index (κ3) is 3.78. The van der Waals surface area contributed by atoms with Gasteiger partial charge in [0.25, 0.3) is 5.91 Å². The van der Waals surface area contributed by atoms with Gasteiger partial charge in [0.15, 0.2) is 0 Å². The Morgan fingerprint density at radius 2 is 2.04 bits per heavy atom. The summed E-state index contributed by atoms with van der Waals surface area (Å²) >= 11 is 13.2. The largest absolute Gasteiger partial charge is 0.342 e. The normalized spacial score (nSPS) is 10.9. The number of rotatable bonds is 4. The van der Waals surface area contributed by atoms with E-state index >= 15 is 0 Å². The Kier molecular flexibility index (Phi) is 4.99. The van der Waals surface area contributed by atoms with Crippen LogP contribution in [0.15, 0.2) is 24.3 Å². The van der Waals surface area contributed by atoms with Crippen molar-refractivity contribution in [2.45, 2.75) is 6.92 Å². The molecule has 0 radical (unpaired) electrons. The van der Waals surface area contributed by atoms with Crippen molar-refractivity contribution in [3.63, 3.8) is 0 Å². The van der Waals surface area contributed by atoms with Gasteiger partial charge >= 0.3 is 0 Å². The number of carbonyl (C=O) groups is 2. The van der Waals surface area contributed by atoms with E-state index in [2.05, 4.69) is 15.7 Å². The molecular weight excluding hydrogens is 383 g/mol. The summed E-state index contributed by atoms with van der Waals surface area (Å²) in [5.74, 6) is -0.704. The molecule has 0 aliphatic heterocycles. The zero-order chi connectivity index (χ0) is 18.1. The molecule has 9 heteroatoms. The van der Waals surface area contributed by atoms with Crippen LogP contribution in [0.3, 0.4) is 0 Å². The van der Waals surface area contributed by atoms with E-state index in [4.69, 9.17) is 23.2 Å². The number of hydrogen-bond acceptors (Lipinski definition) is 4. The molecule has 2 aromatic heterocycles. The molecule has 2 amide bonds. The predicted molar refractivity (Wildman–Crippen MR) is 101 cm³/mol. The van der Waals surface area contributed by atoms with Crippen molar-refractivity contribution in [3.8, 4) is 0 Å². The molecule has 130 valence electrons.